The van der Waals surface area contributed by atoms with Crippen LogP contribution < -0.4 is 9.62 Å². The van der Waals surface area contributed by atoms with E-state index in [1.165, 1.54) is 42.5 Å². The van der Waals surface area contributed by atoms with Gasteiger partial charge in [0.05, 0.1) is 24.1 Å². The first-order chi connectivity index (χ1) is 12.7. The average Bonchev–Trinajstić information content (AvgIpc) is 2.60. The average molecular weight is 394 g/mol. The first-order valence-corrected chi connectivity index (χ1v) is 9.86. The Hall–Kier alpha value is -2.94. The summed E-state index contributed by atoms with van der Waals surface area (Å²) in [6.07, 6.45) is 0.890. The van der Waals surface area contributed by atoms with E-state index in [0.29, 0.717) is 15.6 Å². The Kier molecular flexibility index (Phi) is 6.51. The Labute approximate surface area is 156 Å². The molecule has 27 heavy (non-hydrogen) atoms. The number of carbonyl (C=O) groups is 2. The molecule has 0 aliphatic rings. The Morgan fingerprint density at radius 3 is 2.30 bits per heavy atom. The Morgan fingerprint density at radius 1 is 1.11 bits per heavy atom. The van der Waals surface area contributed by atoms with Crippen molar-refractivity contribution in [2.24, 2.45) is 0 Å². The van der Waals surface area contributed by atoms with Crippen LogP contribution in [0.3, 0.4) is 0 Å². The molecule has 0 radical (unpaired) electrons. The molecule has 0 aliphatic heterocycles. The van der Waals surface area contributed by atoms with Gasteiger partial charge in [0.2, 0.25) is 15.9 Å². The molecule has 0 saturated carbocycles. The second kappa shape index (κ2) is 8.63. The summed E-state index contributed by atoms with van der Waals surface area (Å²) in [5.74, 6) is -1.90. The molecule has 0 atom stereocenters. The van der Waals surface area contributed by atoms with Gasteiger partial charge in [-0.15, -0.1) is 0 Å². The topological polar surface area (TPSA) is 92.8 Å². The minimum atomic E-state index is -3.88. The molecular weight excluding hydrogens is 375 g/mol. The number of sulfonamides is 1. The second-order valence-electron chi connectivity index (χ2n) is 5.57. The Balaban J connectivity index is 2.13. The van der Waals surface area contributed by atoms with Gasteiger partial charge in [-0.05, 0) is 43.3 Å². The van der Waals surface area contributed by atoms with Crippen molar-refractivity contribution < 1.29 is 27.1 Å². The third-order valence-corrected chi connectivity index (χ3v) is 4.61. The third-order valence-electron chi connectivity index (χ3n) is 3.49. The summed E-state index contributed by atoms with van der Waals surface area (Å²) in [5.41, 5.74) is 0.460. The summed E-state index contributed by atoms with van der Waals surface area (Å²) < 4.78 is 43.5. The number of nitrogens with one attached hydrogen (secondary N) is 1. The van der Waals surface area contributed by atoms with Crippen LogP contribution in [0, 0.1) is 5.82 Å². The molecule has 0 saturated heterocycles. The SMILES string of the molecule is CCOC(=O)c1ccc(NC(=O)CN(c2ccccc2F)S(C)(=O)=O)cc1. The largest absolute Gasteiger partial charge is 0.462 e. The molecule has 1 amide bonds. The number of amides is 1. The van der Waals surface area contributed by atoms with Gasteiger partial charge in [0.15, 0.2) is 0 Å². The van der Waals surface area contributed by atoms with Crippen molar-refractivity contribution in [1.82, 2.24) is 0 Å². The third kappa shape index (κ3) is 5.52. The van der Waals surface area contributed by atoms with E-state index in [0.717, 1.165) is 12.3 Å². The van der Waals surface area contributed by atoms with E-state index in [1.807, 2.05) is 0 Å². The summed E-state index contributed by atoms with van der Waals surface area (Å²) in [4.78, 5) is 23.8. The lowest BCUT2D eigenvalue weighted by atomic mass is 10.2. The highest BCUT2D eigenvalue weighted by Gasteiger charge is 2.23. The molecular formula is C18H19FN2O5S. The first-order valence-electron chi connectivity index (χ1n) is 8.01. The zero-order chi connectivity index (χ0) is 20.0. The molecule has 1 N–H and O–H groups in total. The fourth-order valence-corrected chi connectivity index (χ4v) is 3.13. The van der Waals surface area contributed by atoms with Crippen LogP contribution in [0.25, 0.3) is 0 Å². The summed E-state index contributed by atoms with van der Waals surface area (Å²) in [6.45, 7) is 1.34. The molecule has 0 aliphatic carbocycles. The van der Waals surface area contributed by atoms with Gasteiger partial charge in [-0.25, -0.2) is 17.6 Å². The number of rotatable bonds is 7. The molecule has 9 heteroatoms. The minimum Gasteiger partial charge on any atom is -0.462 e. The van der Waals surface area contributed by atoms with Crippen LogP contribution in [0.2, 0.25) is 0 Å². The number of hydrogen-bond donors (Lipinski definition) is 1. The Morgan fingerprint density at radius 2 is 1.74 bits per heavy atom. The number of nitrogens with zero attached hydrogens (tertiary/aromatic N) is 1. The van der Waals surface area contributed by atoms with E-state index < -0.39 is 34.3 Å². The van der Waals surface area contributed by atoms with Gasteiger partial charge in [0.25, 0.3) is 0 Å². The van der Waals surface area contributed by atoms with E-state index in [-0.39, 0.29) is 12.3 Å². The Bertz CT molecular complexity index is 929. The zero-order valence-corrected chi connectivity index (χ0v) is 15.6. The quantitative estimate of drug-likeness (QED) is 0.728. The lowest BCUT2D eigenvalue weighted by Gasteiger charge is -2.22. The summed E-state index contributed by atoms with van der Waals surface area (Å²) in [6, 6.07) is 11.2. The molecule has 0 bridgehead atoms. The highest BCUT2D eigenvalue weighted by molar-refractivity contribution is 7.92. The predicted octanol–water partition coefficient (Wildman–Crippen LogP) is 2.41. The molecule has 0 unspecified atom stereocenters. The zero-order valence-electron chi connectivity index (χ0n) is 14.8. The highest BCUT2D eigenvalue weighted by Crippen LogP contribution is 2.21. The number of ether oxygens (including phenoxy) is 1. The van der Waals surface area contributed by atoms with Gasteiger partial charge < -0.3 is 10.1 Å². The number of benzene rings is 2. The van der Waals surface area contributed by atoms with Crippen molar-refractivity contribution in [2.75, 3.05) is 29.0 Å². The van der Waals surface area contributed by atoms with Crippen molar-refractivity contribution in [3.8, 4) is 0 Å². The fraction of sp³-hybridized carbons (Fsp3) is 0.222. The minimum absolute atomic E-state index is 0.215. The lowest BCUT2D eigenvalue weighted by molar-refractivity contribution is -0.114. The van der Waals surface area contributed by atoms with Crippen LogP contribution in [-0.4, -0.2) is 39.7 Å². The maximum atomic E-state index is 13.9. The van der Waals surface area contributed by atoms with Crippen molar-refractivity contribution in [2.45, 2.75) is 6.92 Å². The van der Waals surface area contributed by atoms with Gasteiger partial charge in [-0.1, -0.05) is 12.1 Å². The van der Waals surface area contributed by atoms with E-state index in [2.05, 4.69) is 5.32 Å². The smallest absolute Gasteiger partial charge is 0.338 e. The molecule has 2 rings (SSSR count). The van der Waals surface area contributed by atoms with E-state index in [4.69, 9.17) is 4.74 Å². The number of halogens is 1. The van der Waals surface area contributed by atoms with Crippen LogP contribution in [0.1, 0.15) is 17.3 Å². The normalized spacial score (nSPS) is 10.9. The highest BCUT2D eigenvalue weighted by atomic mass is 32.2. The number of carbonyl (C=O) groups excluding carboxylic acids is 2. The summed E-state index contributed by atoms with van der Waals surface area (Å²) in [7, 11) is -3.88. The maximum absolute atomic E-state index is 13.9. The second-order valence-corrected chi connectivity index (χ2v) is 7.47. The summed E-state index contributed by atoms with van der Waals surface area (Å²) in [5, 5.41) is 2.51. The van der Waals surface area contributed by atoms with Gasteiger partial charge in [-0.3, -0.25) is 9.10 Å². The van der Waals surface area contributed by atoms with Crippen LogP contribution in [0.4, 0.5) is 15.8 Å². The molecule has 0 spiro atoms. The lowest BCUT2D eigenvalue weighted by Crippen LogP contribution is -2.38. The van der Waals surface area contributed by atoms with Crippen LogP contribution >= 0.6 is 0 Å². The molecule has 0 fully saturated rings. The number of anilines is 2. The van der Waals surface area contributed by atoms with Gasteiger partial charge in [-0.2, -0.15) is 0 Å². The number of hydrogen-bond acceptors (Lipinski definition) is 5. The maximum Gasteiger partial charge on any atom is 0.338 e. The predicted molar refractivity (Wildman–Crippen MR) is 99.6 cm³/mol. The molecule has 2 aromatic carbocycles. The van der Waals surface area contributed by atoms with E-state index in [1.54, 1.807) is 6.92 Å². The van der Waals surface area contributed by atoms with Crippen molar-refractivity contribution in [3.63, 3.8) is 0 Å². The molecule has 0 heterocycles. The number of para-hydroxylation sites is 1. The monoisotopic (exact) mass is 394 g/mol. The molecule has 7 nitrogen and oxygen atoms in total. The molecule has 2 aromatic rings. The standard InChI is InChI=1S/C18H19FN2O5S/c1-3-26-18(23)13-8-10-14(11-9-13)20-17(22)12-21(27(2,24)25)16-7-5-4-6-15(16)19/h4-11H,3,12H2,1-2H3,(H,20,22). The van der Waals surface area contributed by atoms with Crippen molar-refractivity contribution >= 4 is 33.3 Å². The fourth-order valence-electron chi connectivity index (χ4n) is 2.27. The number of esters is 1. The van der Waals surface area contributed by atoms with E-state index >= 15 is 0 Å². The van der Waals surface area contributed by atoms with Crippen molar-refractivity contribution in [1.29, 1.82) is 0 Å². The molecule has 144 valence electrons. The summed E-state index contributed by atoms with van der Waals surface area (Å²) >= 11 is 0. The van der Waals surface area contributed by atoms with Gasteiger partial charge in [0.1, 0.15) is 12.4 Å². The van der Waals surface area contributed by atoms with Crippen LogP contribution in [0.15, 0.2) is 48.5 Å². The van der Waals surface area contributed by atoms with Gasteiger partial charge in [0, 0.05) is 5.69 Å². The van der Waals surface area contributed by atoms with Crippen molar-refractivity contribution in [3.05, 3.63) is 59.9 Å². The van der Waals surface area contributed by atoms with Gasteiger partial charge >= 0.3 is 5.97 Å². The van der Waals surface area contributed by atoms with Crippen LogP contribution in [0.5, 0.6) is 0 Å². The van der Waals surface area contributed by atoms with E-state index in [9.17, 15) is 22.4 Å². The first kappa shape index (κ1) is 20.4. The van der Waals surface area contributed by atoms with Crippen LogP contribution in [-0.2, 0) is 19.6 Å². The molecule has 0 aromatic heterocycles.